The monoisotopic (exact) mass is 271 g/mol. The predicted octanol–water partition coefficient (Wildman–Crippen LogP) is 5.68. The lowest BCUT2D eigenvalue weighted by Gasteiger charge is -2.25. The predicted molar refractivity (Wildman–Crippen MR) is 91.3 cm³/mol. The van der Waals surface area contributed by atoms with Gasteiger partial charge >= 0.3 is 0 Å². The average molecular weight is 271 g/mol. The molecule has 0 atom stereocenters. The average Bonchev–Trinajstić information content (AvgIpc) is 2.55. The molecule has 0 amide bonds. The van der Waals surface area contributed by atoms with Crippen LogP contribution in [0.2, 0.25) is 0 Å². The van der Waals surface area contributed by atoms with Crippen molar-refractivity contribution in [2.24, 2.45) is 0 Å². The number of fused-ring (bicyclic) bond motifs is 5. The van der Waals surface area contributed by atoms with Crippen molar-refractivity contribution in [3.8, 4) is 11.1 Å². The van der Waals surface area contributed by atoms with Crippen LogP contribution in [0.4, 0.5) is 5.69 Å². The second-order valence-electron chi connectivity index (χ2n) is 5.41. The first kappa shape index (κ1) is 12.2. The number of anilines is 1. The van der Waals surface area contributed by atoms with Gasteiger partial charge in [-0.1, -0.05) is 73.7 Å². The zero-order chi connectivity index (χ0) is 14.2. The summed E-state index contributed by atoms with van der Waals surface area (Å²) in [5.74, 6) is 0. The van der Waals surface area contributed by atoms with Gasteiger partial charge in [-0.3, -0.25) is 0 Å². The summed E-state index contributed by atoms with van der Waals surface area (Å²) in [6.45, 7) is 2.18. The lowest BCUT2D eigenvalue weighted by molar-refractivity contribution is 1.22. The van der Waals surface area contributed by atoms with Crippen LogP contribution >= 0.6 is 0 Å². The topological polar surface area (TPSA) is 12.0 Å². The van der Waals surface area contributed by atoms with Gasteiger partial charge in [0.05, 0.1) is 5.69 Å². The van der Waals surface area contributed by atoms with Gasteiger partial charge in [-0.2, -0.15) is 0 Å². The maximum atomic E-state index is 3.66. The maximum absolute atomic E-state index is 3.66. The molecule has 0 fully saturated rings. The first-order valence-electron chi connectivity index (χ1n) is 7.47. The third-order valence-electron chi connectivity index (χ3n) is 4.10. The van der Waals surface area contributed by atoms with E-state index in [9.17, 15) is 0 Å². The molecule has 21 heavy (non-hydrogen) atoms. The van der Waals surface area contributed by atoms with E-state index in [-0.39, 0.29) is 0 Å². The molecular formula is C20H17N. The van der Waals surface area contributed by atoms with Crippen LogP contribution in [0.1, 0.15) is 18.9 Å². The molecule has 1 nitrogen and oxygen atoms in total. The van der Waals surface area contributed by atoms with E-state index in [1.54, 1.807) is 0 Å². The van der Waals surface area contributed by atoms with Crippen LogP contribution in [0.25, 0.3) is 27.6 Å². The summed E-state index contributed by atoms with van der Waals surface area (Å²) in [5, 5.41) is 6.22. The van der Waals surface area contributed by atoms with Crippen LogP contribution in [0.5, 0.6) is 0 Å². The maximum Gasteiger partial charge on any atom is 0.0543 e. The van der Waals surface area contributed by atoms with Crippen molar-refractivity contribution < 1.29 is 0 Å². The molecule has 1 heterocycles. The van der Waals surface area contributed by atoms with Crippen molar-refractivity contribution >= 4 is 22.2 Å². The molecule has 0 aromatic heterocycles. The Balaban J connectivity index is 2.07. The fourth-order valence-corrected chi connectivity index (χ4v) is 3.15. The summed E-state index contributed by atoms with van der Waals surface area (Å²) in [6.07, 6.45) is 3.29. The van der Waals surface area contributed by atoms with Crippen LogP contribution < -0.4 is 5.32 Å². The van der Waals surface area contributed by atoms with Crippen LogP contribution in [-0.4, -0.2) is 0 Å². The Kier molecular flexibility index (Phi) is 2.78. The van der Waals surface area contributed by atoms with E-state index in [0.717, 1.165) is 6.42 Å². The lowest BCUT2D eigenvalue weighted by atomic mass is 9.90. The fraction of sp³-hybridized carbons (Fsp3) is 0.100. The molecule has 3 aromatic carbocycles. The molecule has 0 aliphatic carbocycles. The normalized spacial score (nSPS) is 14.6. The largest absolute Gasteiger partial charge is 0.354 e. The summed E-state index contributed by atoms with van der Waals surface area (Å²) in [7, 11) is 0. The van der Waals surface area contributed by atoms with Gasteiger partial charge < -0.3 is 5.32 Å². The van der Waals surface area contributed by atoms with Gasteiger partial charge in [-0.05, 0) is 17.4 Å². The summed E-state index contributed by atoms with van der Waals surface area (Å²) in [5.41, 5.74) is 6.35. The highest BCUT2D eigenvalue weighted by atomic mass is 14.9. The van der Waals surface area contributed by atoms with Crippen LogP contribution in [0, 0.1) is 0 Å². The number of nitrogens with one attached hydrogen (secondary N) is 1. The highest BCUT2D eigenvalue weighted by Crippen LogP contribution is 2.43. The molecule has 0 unspecified atom stereocenters. The number of allylic oxidation sites excluding steroid dienone is 1. The van der Waals surface area contributed by atoms with Crippen molar-refractivity contribution in [1.29, 1.82) is 0 Å². The standard InChI is InChI=1S/C20H17N/c1-2-7-19-17-11-6-5-10-16(17)18-13-12-14-8-3-4-9-15(14)20(18)21-19/h3-13,21H,2H2,1H3. The molecule has 3 aromatic rings. The zero-order valence-electron chi connectivity index (χ0n) is 12.1. The zero-order valence-corrected chi connectivity index (χ0v) is 12.1. The first-order valence-corrected chi connectivity index (χ1v) is 7.47. The highest BCUT2D eigenvalue weighted by molar-refractivity contribution is 6.09. The summed E-state index contributed by atoms with van der Waals surface area (Å²) < 4.78 is 0. The van der Waals surface area contributed by atoms with E-state index < -0.39 is 0 Å². The second-order valence-corrected chi connectivity index (χ2v) is 5.41. The van der Waals surface area contributed by atoms with Crippen molar-refractivity contribution in [3.63, 3.8) is 0 Å². The minimum atomic E-state index is 1.02. The smallest absolute Gasteiger partial charge is 0.0543 e. The molecule has 0 spiro atoms. The molecule has 1 N–H and O–H groups in total. The molecule has 4 rings (SSSR count). The Hall–Kier alpha value is -2.54. The van der Waals surface area contributed by atoms with E-state index in [4.69, 9.17) is 0 Å². The van der Waals surface area contributed by atoms with Gasteiger partial charge in [-0.25, -0.2) is 0 Å². The molecule has 102 valence electrons. The van der Waals surface area contributed by atoms with E-state index in [2.05, 4.69) is 79.0 Å². The van der Waals surface area contributed by atoms with Crippen LogP contribution in [-0.2, 0) is 0 Å². The van der Waals surface area contributed by atoms with E-state index in [0.29, 0.717) is 0 Å². The summed E-state index contributed by atoms with van der Waals surface area (Å²) in [4.78, 5) is 0. The molecular weight excluding hydrogens is 254 g/mol. The van der Waals surface area contributed by atoms with Crippen molar-refractivity contribution in [1.82, 2.24) is 0 Å². The van der Waals surface area contributed by atoms with E-state index in [1.165, 1.54) is 38.8 Å². The van der Waals surface area contributed by atoms with Gasteiger partial charge in [0, 0.05) is 22.2 Å². The molecule has 0 saturated heterocycles. The van der Waals surface area contributed by atoms with Crippen LogP contribution in [0.3, 0.4) is 0 Å². The quantitative estimate of drug-likeness (QED) is 0.600. The molecule has 1 aliphatic heterocycles. The second kappa shape index (κ2) is 4.78. The van der Waals surface area contributed by atoms with Gasteiger partial charge in [0.25, 0.3) is 0 Å². The number of benzene rings is 3. The molecule has 0 saturated carbocycles. The Morgan fingerprint density at radius 2 is 1.57 bits per heavy atom. The number of rotatable bonds is 1. The summed E-state index contributed by atoms with van der Waals surface area (Å²) in [6, 6.07) is 21.6. The minimum Gasteiger partial charge on any atom is -0.354 e. The Bertz CT molecular complexity index is 859. The SMILES string of the molecule is CCC=C1Nc2c(ccc3ccccc23)-c2ccccc21. The summed E-state index contributed by atoms with van der Waals surface area (Å²) >= 11 is 0. The molecule has 1 heteroatoms. The van der Waals surface area contributed by atoms with Gasteiger partial charge in [0.2, 0.25) is 0 Å². The van der Waals surface area contributed by atoms with Crippen molar-refractivity contribution in [3.05, 3.63) is 72.3 Å². The van der Waals surface area contributed by atoms with Crippen molar-refractivity contribution in [2.75, 3.05) is 5.32 Å². The number of hydrogen-bond donors (Lipinski definition) is 1. The van der Waals surface area contributed by atoms with Gasteiger partial charge in [0.15, 0.2) is 0 Å². The minimum absolute atomic E-state index is 1.02. The van der Waals surface area contributed by atoms with E-state index >= 15 is 0 Å². The van der Waals surface area contributed by atoms with E-state index in [1.807, 2.05) is 0 Å². The fourth-order valence-electron chi connectivity index (χ4n) is 3.15. The third kappa shape index (κ3) is 1.85. The Morgan fingerprint density at radius 3 is 2.43 bits per heavy atom. The molecule has 1 aliphatic rings. The molecule has 0 bridgehead atoms. The third-order valence-corrected chi connectivity index (χ3v) is 4.10. The van der Waals surface area contributed by atoms with Gasteiger partial charge in [0.1, 0.15) is 0 Å². The van der Waals surface area contributed by atoms with Crippen LogP contribution in [0.15, 0.2) is 66.7 Å². The molecule has 0 radical (unpaired) electrons. The van der Waals surface area contributed by atoms with Crippen molar-refractivity contribution in [2.45, 2.75) is 13.3 Å². The highest BCUT2D eigenvalue weighted by Gasteiger charge is 2.20. The first-order chi connectivity index (χ1) is 10.4. The Labute approximate surface area is 124 Å². The van der Waals surface area contributed by atoms with Gasteiger partial charge in [-0.15, -0.1) is 0 Å². The number of hydrogen-bond acceptors (Lipinski definition) is 1. The Morgan fingerprint density at radius 1 is 0.810 bits per heavy atom. The lowest BCUT2D eigenvalue weighted by Crippen LogP contribution is -2.08.